The quantitative estimate of drug-likeness (QED) is 0.475. The van der Waals surface area contributed by atoms with E-state index in [1.165, 1.54) is 6.07 Å². The number of methoxy groups -OCH3 is 1. The average Bonchev–Trinajstić information content (AvgIpc) is 2.32. The molecule has 0 saturated carbocycles. The number of nitro groups is 1. The lowest BCUT2D eigenvalue weighted by atomic mass is 10.2. The van der Waals surface area contributed by atoms with Crippen molar-refractivity contribution in [1.82, 2.24) is 0 Å². The van der Waals surface area contributed by atoms with E-state index in [1.54, 1.807) is 7.11 Å². The van der Waals surface area contributed by atoms with E-state index in [4.69, 9.17) is 4.74 Å². The Balaban J connectivity index is 2.68. The SMILES string of the molecule is COCCCCNc1cc(Br)c(F)cc1[N+](=O)[O-]. The predicted molar refractivity (Wildman–Crippen MR) is 70.4 cm³/mol. The van der Waals surface area contributed by atoms with Gasteiger partial charge >= 0.3 is 0 Å². The van der Waals surface area contributed by atoms with Crippen molar-refractivity contribution in [1.29, 1.82) is 0 Å². The number of benzene rings is 1. The summed E-state index contributed by atoms with van der Waals surface area (Å²) in [6.07, 6.45) is 1.68. The van der Waals surface area contributed by atoms with E-state index in [0.29, 0.717) is 18.8 Å². The van der Waals surface area contributed by atoms with Crippen LogP contribution >= 0.6 is 15.9 Å². The summed E-state index contributed by atoms with van der Waals surface area (Å²) < 4.78 is 18.3. The Morgan fingerprint density at radius 1 is 1.50 bits per heavy atom. The molecule has 0 bridgehead atoms. The zero-order chi connectivity index (χ0) is 13.5. The number of nitrogens with zero attached hydrogens (tertiary/aromatic N) is 1. The number of hydrogen-bond acceptors (Lipinski definition) is 4. The molecule has 0 unspecified atom stereocenters. The molecule has 1 N–H and O–H groups in total. The van der Waals surface area contributed by atoms with Gasteiger partial charge in [-0.2, -0.15) is 0 Å². The summed E-state index contributed by atoms with van der Waals surface area (Å²) in [7, 11) is 1.62. The molecule has 0 aliphatic carbocycles. The predicted octanol–water partition coefficient (Wildman–Crippen LogP) is 3.33. The maximum atomic E-state index is 13.2. The molecule has 0 fully saturated rings. The van der Waals surface area contributed by atoms with Crippen LogP contribution in [0.4, 0.5) is 15.8 Å². The molecule has 5 nitrogen and oxygen atoms in total. The Morgan fingerprint density at radius 2 is 2.22 bits per heavy atom. The number of nitrogens with one attached hydrogen (secondary N) is 1. The first kappa shape index (κ1) is 14.8. The number of hydrogen-bond donors (Lipinski definition) is 1. The summed E-state index contributed by atoms with van der Waals surface area (Å²) in [5.74, 6) is -0.647. The van der Waals surface area contributed by atoms with Crippen LogP contribution in [0.15, 0.2) is 16.6 Å². The first-order chi connectivity index (χ1) is 8.56. The molecule has 1 aromatic rings. The lowest BCUT2D eigenvalue weighted by Gasteiger charge is -2.08. The van der Waals surface area contributed by atoms with E-state index in [9.17, 15) is 14.5 Å². The number of anilines is 1. The fourth-order valence-electron chi connectivity index (χ4n) is 1.42. The van der Waals surface area contributed by atoms with Crippen LogP contribution in [0.25, 0.3) is 0 Å². The summed E-state index contributed by atoms with van der Waals surface area (Å²) in [6.45, 7) is 1.22. The van der Waals surface area contributed by atoms with E-state index in [0.717, 1.165) is 18.9 Å². The minimum Gasteiger partial charge on any atom is -0.385 e. The fraction of sp³-hybridized carbons (Fsp3) is 0.455. The van der Waals surface area contributed by atoms with Crippen molar-refractivity contribution in [2.24, 2.45) is 0 Å². The molecule has 0 atom stereocenters. The van der Waals surface area contributed by atoms with Crippen LogP contribution in [0.3, 0.4) is 0 Å². The normalized spacial score (nSPS) is 10.4. The van der Waals surface area contributed by atoms with Gasteiger partial charge in [-0.3, -0.25) is 10.1 Å². The van der Waals surface area contributed by atoms with Gasteiger partial charge in [-0.1, -0.05) is 0 Å². The largest absolute Gasteiger partial charge is 0.385 e. The van der Waals surface area contributed by atoms with E-state index < -0.39 is 10.7 Å². The Hall–Kier alpha value is -1.21. The molecule has 0 amide bonds. The van der Waals surface area contributed by atoms with E-state index in [1.807, 2.05) is 0 Å². The van der Waals surface area contributed by atoms with Crippen molar-refractivity contribution in [3.05, 3.63) is 32.5 Å². The molecule has 0 aliphatic heterocycles. The second kappa shape index (κ2) is 7.27. The van der Waals surface area contributed by atoms with Gasteiger partial charge < -0.3 is 10.1 Å². The molecular formula is C11H14BrFN2O3. The van der Waals surface area contributed by atoms with Crippen LogP contribution < -0.4 is 5.32 Å². The first-order valence-corrected chi connectivity index (χ1v) is 6.21. The van der Waals surface area contributed by atoms with Crippen molar-refractivity contribution in [2.75, 3.05) is 25.6 Å². The van der Waals surface area contributed by atoms with Crippen LogP contribution in [0.2, 0.25) is 0 Å². The summed E-state index contributed by atoms with van der Waals surface area (Å²) in [5.41, 5.74) is 0.0492. The second-order valence-corrected chi connectivity index (χ2v) is 4.52. The van der Waals surface area contributed by atoms with Gasteiger partial charge in [0.15, 0.2) is 0 Å². The molecule has 0 aliphatic rings. The van der Waals surface area contributed by atoms with Gasteiger partial charge in [0.1, 0.15) is 11.5 Å². The van der Waals surface area contributed by atoms with Crippen molar-refractivity contribution < 1.29 is 14.1 Å². The topological polar surface area (TPSA) is 64.4 Å². The second-order valence-electron chi connectivity index (χ2n) is 3.67. The minimum atomic E-state index is -0.647. The van der Waals surface area contributed by atoms with E-state index >= 15 is 0 Å². The third kappa shape index (κ3) is 4.23. The Kier molecular flexibility index (Phi) is 6.00. The van der Waals surface area contributed by atoms with Crippen LogP contribution in [-0.2, 0) is 4.74 Å². The lowest BCUT2D eigenvalue weighted by molar-refractivity contribution is -0.384. The monoisotopic (exact) mass is 320 g/mol. The highest BCUT2D eigenvalue weighted by molar-refractivity contribution is 9.10. The number of nitro benzene ring substituents is 1. The highest BCUT2D eigenvalue weighted by Gasteiger charge is 2.17. The standard InChI is InChI=1S/C11H14BrFN2O3/c1-18-5-3-2-4-14-10-6-8(12)9(13)7-11(10)15(16)17/h6-7,14H,2-5H2,1H3. The van der Waals surface area contributed by atoms with Gasteiger partial charge in [0.25, 0.3) is 5.69 Å². The van der Waals surface area contributed by atoms with Crippen LogP contribution in [0.5, 0.6) is 0 Å². The minimum absolute atomic E-state index is 0.201. The van der Waals surface area contributed by atoms with E-state index in [-0.39, 0.29) is 10.2 Å². The average molecular weight is 321 g/mol. The Labute approximate surface area is 113 Å². The Bertz CT molecular complexity index is 429. The molecule has 100 valence electrons. The third-order valence-electron chi connectivity index (χ3n) is 2.33. The van der Waals surface area contributed by atoms with Gasteiger partial charge in [0, 0.05) is 20.3 Å². The van der Waals surface area contributed by atoms with Crippen molar-refractivity contribution >= 4 is 27.3 Å². The summed E-state index contributed by atoms with van der Waals surface area (Å²) in [6, 6.07) is 2.28. The number of ether oxygens (including phenoxy) is 1. The van der Waals surface area contributed by atoms with Crippen LogP contribution in [0.1, 0.15) is 12.8 Å². The van der Waals surface area contributed by atoms with E-state index in [2.05, 4.69) is 21.2 Å². The number of halogens is 2. The Morgan fingerprint density at radius 3 is 2.83 bits per heavy atom. The maximum Gasteiger partial charge on any atom is 0.295 e. The number of rotatable bonds is 7. The third-order valence-corrected chi connectivity index (χ3v) is 2.93. The zero-order valence-electron chi connectivity index (χ0n) is 9.91. The molecule has 0 aromatic heterocycles. The molecule has 18 heavy (non-hydrogen) atoms. The molecule has 1 aromatic carbocycles. The van der Waals surface area contributed by atoms with Gasteiger partial charge in [0.2, 0.25) is 0 Å². The summed E-state index contributed by atoms with van der Waals surface area (Å²) in [5, 5.41) is 13.7. The number of unbranched alkanes of at least 4 members (excludes halogenated alkanes) is 1. The molecule has 1 rings (SSSR count). The molecule has 0 saturated heterocycles. The van der Waals surface area contributed by atoms with Crippen LogP contribution in [-0.4, -0.2) is 25.2 Å². The molecule has 0 spiro atoms. The van der Waals surface area contributed by atoms with Crippen molar-refractivity contribution in [3.63, 3.8) is 0 Å². The van der Waals surface area contributed by atoms with Crippen LogP contribution in [0, 0.1) is 15.9 Å². The molecule has 0 radical (unpaired) electrons. The lowest BCUT2D eigenvalue weighted by Crippen LogP contribution is -2.06. The summed E-state index contributed by atoms with van der Waals surface area (Å²) in [4.78, 5) is 10.2. The van der Waals surface area contributed by atoms with Crippen molar-refractivity contribution in [3.8, 4) is 0 Å². The maximum absolute atomic E-state index is 13.2. The summed E-state index contributed by atoms with van der Waals surface area (Å²) >= 11 is 3.01. The van der Waals surface area contributed by atoms with Gasteiger partial charge in [-0.05, 0) is 34.8 Å². The molecule has 7 heteroatoms. The first-order valence-electron chi connectivity index (χ1n) is 5.42. The van der Waals surface area contributed by atoms with Gasteiger partial charge in [0.05, 0.1) is 15.5 Å². The van der Waals surface area contributed by atoms with Gasteiger partial charge in [-0.15, -0.1) is 0 Å². The van der Waals surface area contributed by atoms with Crippen molar-refractivity contribution in [2.45, 2.75) is 12.8 Å². The van der Waals surface area contributed by atoms with Gasteiger partial charge in [-0.25, -0.2) is 4.39 Å². The molecule has 0 heterocycles. The highest BCUT2D eigenvalue weighted by atomic mass is 79.9. The molecular weight excluding hydrogens is 307 g/mol. The fourth-order valence-corrected chi connectivity index (χ4v) is 1.77. The zero-order valence-corrected chi connectivity index (χ0v) is 11.5. The highest BCUT2D eigenvalue weighted by Crippen LogP contribution is 2.30. The smallest absolute Gasteiger partial charge is 0.295 e.